The molecule has 1 aromatic carbocycles. The molecule has 0 bridgehead atoms. The minimum absolute atomic E-state index is 0.0629. The van der Waals surface area contributed by atoms with E-state index in [4.69, 9.17) is 10.5 Å². The lowest BCUT2D eigenvalue weighted by molar-refractivity contribution is 0.185. The van der Waals surface area contributed by atoms with Crippen LogP contribution in [-0.2, 0) is 0 Å². The molecule has 0 amide bonds. The molecule has 0 spiro atoms. The van der Waals surface area contributed by atoms with Crippen LogP contribution in [-0.4, -0.2) is 18.8 Å². The van der Waals surface area contributed by atoms with E-state index in [1.54, 1.807) is 6.92 Å². The number of nitrogens with two attached hydrogens (primary N) is 1. The maximum Gasteiger partial charge on any atom is 0.127 e. The normalized spacial score (nSPS) is 12.6. The summed E-state index contributed by atoms with van der Waals surface area (Å²) in [5.41, 5.74) is 6.49. The van der Waals surface area contributed by atoms with Gasteiger partial charge in [0.15, 0.2) is 0 Å². The second kappa shape index (κ2) is 4.39. The number of aliphatic hydroxyl groups is 1. The summed E-state index contributed by atoms with van der Waals surface area (Å²) >= 11 is 0. The quantitative estimate of drug-likeness (QED) is 0.767. The van der Waals surface area contributed by atoms with Gasteiger partial charge in [0, 0.05) is 12.6 Å². The highest BCUT2D eigenvalue weighted by atomic mass is 19.1. The van der Waals surface area contributed by atoms with Crippen LogP contribution < -0.4 is 10.5 Å². The van der Waals surface area contributed by atoms with Crippen molar-refractivity contribution in [2.45, 2.75) is 13.0 Å². The standard InChI is InChI=1S/C10H14FNO2/c1-6-8(9(13)5-12)3-7(11)4-10(6)14-2/h3-4,9,13H,5,12H2,1-2H3. The predicted octanol–water partition coefficient (Wildman–Crippen LogP) is 1.13. The van der Waals surface area contributed by atoms with Crippen molar-refractivity contribution in [1.29, 1.82) is 0 Å². The van der Waals surface area contributed by atoms with E-state index in [-0.39, 0.29) is 6.54 Å². The zero-order valence-corrected chi connectivity index (χ0v) is 8.25. The molecule has 14 heavy (non-hydrogen) atoms. The van der Waals surface area contributed by atoms with E-state index >= 15 is 0 Å². The maximum atomic E-state index is 13.1. The van der Waals surface area contributed by atoms with Gasteiger partial charge < -0.3 is 15.6 Å². The van der Waals surface area contributed by atoms with Gasteiger partial charge in [-0.05, 0) is 24.1 Å². The van der Waals surface area contributed by atoms with Crippen LogP contribution in [0.4, 0.5) is 4.39 Å². The molecule has 3 nitrogen and oxygen atoms in total. The molecule has 0 aliphatic carbocycles. The van der Waals surface area contributed by atoms with Crippen molar-refractivity contribution in [2.24, 2.45) is 5.73 Å². The third kappa shape index (κ3) is 2.02. The van der Waals surface area contributed by atoms with Crippen LogP contribution in [0.2, 0.25) is 0 Å². The van der Waals surface area contributed by atoms with Crippen LogP contribution in [0.3, 0.4) is 0 Å². The van der Waals surface area contributed by atoms with Gasteiger partial charge >= 0.3 is 0 Å². The number of hydrogen-bond donors (Lipinski definition) is 2. The number of hydrogen-bond acceptors (Lipinski definition) is 3. The van der Waals surface area contributed by atoms with Gasteiger partial charge in [-0.25, -0.2) is 4.39 Å². The van der Waals surface area contributed by atoms with Crippen molar-refractivity contribution in [3.63, 3.8) is 0 Å². The minimum Gasteiger partial charge on any atom is -0.496 e. The second-order valence-electron chi connectivity index (χ2n) is 3.07. The molecule has 1 rings (SSSR count). The Labute approximate surface area is 82.3 Å². The lowest BCUT2D eigenvalue weighted by atomic mass is 10.0. The molecule has 0 saturated carbocycles. The van der Waals surface area contributed by atoms with Crippen LogP contribution in [0.1, 0.15) is 17.2 Å². The lowest BCUT2D eigenvalue weighted by Gasteiger charge is -2.14. The van der Waals surface area contributed by atoms with Gasteiger partial charge in [0.1, 0.15) is 11.6 Å². The second-order valence-corrected chi connectivity index (χ2v) is 3.07. The van der Waals surface area contributed by atoms with E-state index in [0.717, 1.165) is 0 Å². The Morgan fingerprint density at radius 2 is 2.21 bits per heavy atom. The summed E-state index contributed by atoms with van der Waals surface area (Å²) in [6.45, 7) is 1.82. The summed E-state index contributed by atoms with van der Waals surface area (Å²) in [5.74, 6) is -0.0116. The van der Waals surface area contributed by atoms with Crippen molar-refractivity contribution in [3.8, 4) is 5.75 Å². The third-order valence-corrected chi connectivity index (χ3v) is 2.17. The van der Waals surface area contributed by atoms with Crippen molar-refractivity contribution in [2.75, 3.05) is 13.7 Å². The largest absolute Gasteiger partial charge is 0.496 e. The topological polar surface area (TPSA) is 55.5 Å². The first kappa shape index (κ1) is 10.9. The summed E-state index contributed by atoms with van der Waals surface area (Å²) in [6, 6.07) is 2.55. The highest BCUT2D eigenvalue weighted by Crippen LogP contribution is 2.27. The number of halogens is 1. The Bertz CT molecular complexity index is 328. The van der Waals surface area contributed by atoms with Crippen molar-refractivity contribution >= 4 is 0 Å². The number of methoxy groups -OCH3 is 1. The molecule has 0 fully saturated rings. The SMILES string of the molecule is COc1cc(F)cc(C(O)CN)c1C. The molecule has 3 N–H and O–H groups in total. The van der Waals surface area contributed by atoms with Crippen molar-refractivity contribution in [3.05, 3.63) is 29.1 Å². The zero-order valence-electron chi connectivity index (χ0n) is 8.25. The maximum absolute atomic E-state index is 13.1. The van der Waals surface area contributed by atoms with Crippen LogP contribution in [0.5, 0.6) is 5.75 Å². The smallest absolute Gasteiger partial charge is 0.127 e. The molecule has 0 aromatic heterocycles. The molecule has 0 saturated heterocycles. The minimum atomic E-state index is -0.848. The number of benzene rings is 1. The van der Waals surface area contributed by atoms with Gasteiger partial charge in [-0.2, -0.15) is 0 Å². The molecule has 0 aliphatic heterocycles. The summed E-state index contributed by atoms with van der Waals surface area (Å²) in [7, 11) is 1.46. The molecule has 78 valence electrons. The van der Waals surface area contributed by atoms with Crippen LogP contribution in [0, 0.1) is 12.7 Å². The van der Waals surface area contributed by atoms with Gasteiger partial charge in [0.25, 0.3) is 0 Å². The van der Waals surface area contributed by atoms with E-state index in [2.05, 4.69) is 0 Å². The van der Waals surface area contributed by atoms with E-state index in [1.807, 2.05) is 0 Å². The monoisotopic (exact) mass is 199 g/mol. The van der Waals surface area contributed by atoms with Gasteiger partial charge in [0.2, 0.25) is 0 Å². The Kier molecular flexibility index (Phi) is 3.43. The molecule has 1 aromatic rings. The van der Waals surface area contributed by atoms with E-state index in [0.29, 0.717) is 16.9 Å². The number of rotatable bonds is 3. The third-order valence-electron chi connectivity index (χ3n) is 2.17. The molecular weight excluding hydrogens is 185 g/mol. The fourth-order valence-electron chi connectivity index (χ4n) is 1.36. The number of ether oxygens (including phenoxy) is 1. The van der Waals surface area contributed by atoms with Gasteiger partial charge in [-0.15, -0.1) is 0 Å². The van der Waals surface area contributed by atoms with Gasteiger partial charge in [-0.1, -0.05) is 0 Å². The molecule has 1 atom stereocenters. The van der Waals surface area contributed by atoms with Gasteiger partial charge in [0.05, 0.1) is 13.2 Å². The average Bonchev–Trinajstić information content (AvgIpc) is 2.19. The molecule has 0 heterocycles. The highest BCUT2D eigenvalue weighted by Gasteiger charge is 2.13. The first-order chi connectivity index (χ1) is 6.60. The Hall–Kier alpha value is -1.13. The summed E-state index contributed by atoms with van der Waals surface area (Å²) < 4.78 is 18.0. The first-order valence-electron chi connectivity index (χ1n) is 4.32. The fourth-order valence-corrected chi connectivity index (χ4v) is 1.36. The van der Waals surface area contributed by atoms with Crippen molar-refractivity contribution in [1.82, 2.24) is 0 Å². The predicted molar refractivity (Wildman–Crippen MR) is 51.7 cm³/mol. The summed E-state index contributed by atoms with van der Waals surface area (Å²) in [5, 5.41) is 9.51. The summed E-state index contributed by atoms with van der Waals surface area (Å²) in [4.78, 5) is 0. The molecule has 0 aliphatic rings. The highest BCUT2D eigenvalue weighted by molar-refractivity contribution is 5.41. The van der Waals surface area contributed by atoms with E-state index in [9.17, 15) is 9.50 Å². The van der Waals surface area contributed by atoms with Gasteiger partial charge in [-0.3, -0.25) is 0 Å². The van der Waals surface area contributed by atoms with Crippen LogP contribution >= 0.6 is 0 Å². The Morgan fingerprint density at radius 1 is 1.57 bits per heavy atom. The Morgan fingerprint density at radius 3 is 2.71 bits per heavy atom. The molecule has 4 heteroatoms. The van der Waals surface area contributed by atoms with E-state index in [1.165, 1.54) is 19.2 Å². The Balaban J connectivity index is 3.21. The molecular formula is C10H14FNO2. The summed E-state index contributed by atoms with van der Waals surface area (Å²) in [6.07, 6.45) is -0.848. The van der Waals surface area contributed by atoms with Crippen molar-refractivity contribution < 1.29 is 14.2 Å². The number of aliphatic hydroxyl groups excluding tert-OH is 1. The van der Waals surface area contributed by atoms with E-state index < -0.39 is 11.9 Å². The fraction of sp³-hybridized carbons (Fsp3) is 0.400. The zero-order chi connectivity index (χ0) is 10.7. The first-order valence-corrected chi connectivity index (χ1v) is 4.32. The van der Waals surface area contributed by atoms with Crippen LogP contribution in [0.15, 0.2) is 12.1 Å². The average molecular weight is 199 g/mol. The lowest BCUT2D eigenvalue weighted by Crippen LogP contribution is -2.13. The molecule has 1 unspecified atom stereocenters. The van der Waals surface area contributed by atoms with Crippen LogP contribution in [0.25, 0.3) is 0 Å². The molecule has 0 radical (unpaired) electrons.